The number of halogens is 2. The summed E-state index contributed by atoms with van der Waals surface area (Å²) in [5.41, 5.74) is 0.999. The highest BCUT2D eigenvalue weighted by atomic mass is 35.5. The molecule has 0 aliphatic rings. The van der Waals surface area contributed by atoms with Gasteiger partial charge in [0.05, 0.1) is 20.0 Å². The topological polar surface area (TPSA) is 56.0 Å². The van der Waals surface area contributed by atoms with Crippen molar-refractivity contribution in [1.29, 1.82) is 0 Å². The van der Waals surface area contributed by atoms with Crippen LogP contribution in [-0.4, -0.2) is 9.91 Å². The Kier molecular flexibility index (Phi) is 4.63. The van der Waals surface area contributed by atoms with Crippen molar-refractivity contribution in [2.24, 2.45) is 0 Å². The van der Waals surface area contributed by atoms with Crippen LogP contribution in [0.4, 0.5) is 5.69 Å². The van der Waals surface area contributed by atoms with Gasteiger partial charge in [0.25, 0.3) is 5.69 Å². The van der Waals surface area contributed by atoms with Gasteiger partial charge in [-0.15, -0.1) is 11.8 Å². The molecule has 0 unspecified atom stereocenters. The van der Waals surface area contributed by atoms with Crippen molar-refractivity contribution >= 4 is 40.7 Å². The Bertz CT molecular complexity index is 605. The number of pyridine rings is 1. The molecule has 0 bridgehead atoms. The zero-order chi connectivity index (χ0) is 13.8. The number of nitro groups is 1. The maximum atomic E-state index is 10.5. The molecule has 1 aromatic carbocycles. The van der Waals surface area contributed by atoms with E-state index in [4.69, 9.17) is 23.2 Å². The van der Waals surface area contributed by atoms with Crippen LogP contribution in [0.5, 0.6) is 0 Å². The molecule has 2 rings (SSSR count). The van der Waals surface area contributed by atoms with E-state index < -0.39 is 4.92 Å². The molecule has 2 aromatic rings. The molecule has 19 heavy (non-hydrogen) atoms. The van der Waals surface area contributed by atoms with Crippen LogP contribution in [0, 0.1) is 10.1 Å². The van der Waals surface area contributed by atoms with Crippen LogP contribution in [0.15, 0.2) is 41.6 Å². The molecule has 0 saturated carbocycles. The lowest BCUT2D eigenvalue weighted by Gasteiger charge is -2.03. The monoisotopic (exact) mass is 314 g/mol. The van der Waals surface area contributed by atoms with Gasteiger partial charge in [-0.2, -0.15) is 0 Å². The van der Waals surface area contributed by atoms with Crippen molar-refractivity contribution < 1.29 is 4.92 Å². The van der Waals surface area contributed by atoms with Gasteiger partial charge in [0.1, 0.15) is 6.20 Å². The van der Waals surface area contributed by atoms with E-state index in [0.717, 1.165) is 10.6 Å². The first-order chi connectivity index (χ1) is 9.06. The minimum absolute atomic E-state index is 0.0149. The molecule has 0 aliphatic heterocycles. The number of thioether (sulfide) groups is 1. The van der Waals surface area contributed by atoms with Crippen LogP contribution in [0.25, 0.3) is 0 Å². The lowest BCUT2D eigenvalue weighted by atomic mass is 10.2. The first-order valence-corrected chi connectivity index (χ1v) is 6.97. The van der Waals surface area contributed by atoms with Gasteiger partial charge in [-0.1, -0.05) is 29.3 Å². The fourth-order valence-corrected chi connectivity index (χ4v) is 2.46. The largest absolute Gasteiger partial charge is 0.287 e. The second-order valence-corrected chi connectivity index (χ2v) is 5.46. The van der Waals surface area contributed by atoms with Crippen molar-refractivity contribution in [3.05, 3.63) is 62.3 Å². The number of hydrogen-bond acceptors (Lipinski definition) is 4. The fraction of sp³-hybridized carbons (Fsp3) is 0.0833. The Labute approximate surface area is 123 Å². The molecule has 0 spiro atoms. The van der Waals surface area contributed by atoms with E-state index >= 15 is 0 Å². The molecule has 0 radical (unpaired) electrons. The summed E-state index contributed by atoms with van der Waals surface area (Å²) in [6.07, 6.45) is 1.25. The maximum Gasteiger partial charge on any atom is 0.287 e. The third-order valence-corrected chi connectivity index (χ3v) is 4.06. The smallest absolute Gasteiger partial charge is 0.258 e. The zero-order valence-corrected chi connectivity index (χ0v) is 11.9. The molecular weight excluding hydrogens is 307 g/mol. The normalized spacial score (nSPS) is 10.4. The van der Waals surface area contributed by atoms with Gasteiger partial charge >= 0.3 is 0 Å². The summed E-state index contributed by atoms with van der Waals surface area (Å²) >= 11 is 13.2. The SMILES string of the molecule is O=[N+]([O-])c1ccc(SCc2ccc(Cl)c(Cl)c2)nc1. The molecule has 7 heteroatoms. The Balaban J connectivity index is 2.01. The molecular formula is C12H8Cl2N2O2S. The number of aromatic nitrogens is 1. The van der Waals surface area contributed by atoms with Crippen molar-refractivity contribution in [2.45, 2.75) is 10.8 Å². The van der Waals surface area contributed by atoms with Crippen molar-refractivity contribution in [1.82, 2.24) is 4.98 Å². The Hall–Kier alpha value is -1.30. The molecule has 0 aliphatic carbocycles. The summed E-state index contributed by atoms with van der Waals surface area (Å²) < 4.78 is 0. The second-order valence-electron chi connectivity index (χ2n) is 3.65. The first kappa shape index (κ1) is 14.1. The molecule has 1 aromatic heterocycles. The minimum atomic E-state index is -0.472. The van der Waals surface area contributed by atoms with Gasteiger partial charge in [-0.25, -0.2) is 4.98 Å². The molecule has 0 fully saturated rings. The Morgan fingerprint density at radius 3 is 2.58 bits per heavy atom. The highest BCUT2D eigenvalue weighted by molar-refractivity contribution is 7.98. The summed E-state index contributed by atoms with van der Waals surface area (Å²) in [6.45, 7) is 0. The molecule has 98 valence electrons. The number of rotatable bonds is 4. The van der Waals surface area contributed by atoms with Crippen LogP contribution >= 0.6 is 35.0 Å². The van der Waals surface area contributed by atoms with Gasteiger partial charge in [0.15, 0.2) is 0 Å². The van der Waals surface area contributed by atoms with E-state index in [1.54, 1.807) is 18.2 Å². The fourth-order valence-electron chi connectivity index (χ4n) is 1.35. The summed E-state index contributed by atoms with van der Waals surface area (Å²) in [6, 6.07) is 8.47. The highest BCUT2D eigenvalue weighted by Crippen LogP contribution is 2.27. The average molecular weight is 315 g/mol. The lowest BCUT2D eigenvalue weighted by molar-refractivity contribution is -0.385. The van der Waals surface area contributed by atoms with Gasteiger partial charge in [0.2, 0.25) is 0 Å². The molecule has 0 atom stereocenters. The van der Waals surface area contributed by atoms with E-state index in [2.05, 4.69) is 4.98 Å². The van der Waals surface area contributed by atoms with E-state index in [1.165, 1.54) is 24.0 Å². The number of hydrogen-bond donors (Lipinski definition) is 0. The lowest BCUT2D eigenvalue weighted by Crippen LogP contribution is -1.89. The molecule has 4 nitrogen and oxygen atoms in total. The second kappa shape index (κ2) is 6.23. The van der Waals surface area contributed by atoms with Crippen LogP contribution < -0.4 is 0 Å². The van der Waals surface area contributed by atoms with Crippen LogP contribution in [-0.2, 0) is 5.75 Å². The van der Waals surface area contributed by atoms with Crippen molar-refractivity contribution in [2.75, 3.05) is 0 Å². The Morgan fingerprint density at radius 2 is 2.00 bits per heavy atom. The van der Waals surface area contributed by atoms with E-state index in [9.17, 15) is 10.1 Å². The van der Waals surface area contributed by atoms with Crippen LogP contribution in [0.2, 0.25) is 10.0 Å². The molecule has 1 heterocycles. The average Bonchev–Trinajstić information content (AvgIpc) is 2.40. The quantitative estimate of drug-likeness (QED) is 0.470. The van der Waals surface area contributed by atoms with Crippen molar-refractivity contribution in [3.8, 4) is 0 Å². The third kappa shape index (κ3) is 3.83. The van der Waals surface area contributed by atoms with Gasteiger partial charge in [-0.3, -0.25) is 10.1 Å². The zero-order valence-electron chi connectivity index (χ0n) is 9.55. The number of nitrogens with zero attached hydrogens (tertiary/aromatic N) is 2. The molecule has 0 saturated heterocycles. The summed E-state index contributed by atoms with van der Waals surface area (Å²) in [5.74, 6) is 0.668. The van der Waals surface area contributed by atoms with Crippen molar-refractivity contribution in [3.63, 3.8) is 0 Å². The van der Waals surface area contributed by atoms with Crippen LogP contribution in [0.3, 0.4) is 0 Å². The summed E-state index contributed by atoms with van der Waals surface area (Å²) in [7, 11) is 0. The third-order valence-electron chi connectivity index (χ3n) is 2.30. The predicted molar refractivity (Wildman–Crippen MR) is 76.9 cm³/mol. The predicted octanol–water partition coefficient (Wildman–Crippen LogP) is 4.59. The van der Waals surface area contributed by atoms with E-state index in [1.807, 2.05) is 6.07 Å². The molecule has 0 amide bonds. The minimum Gasteiger partial charge on any atom is -0.258 e. The van der Waals surface area contributed by atoms with Crippen LogP contribution in [0.1, 0.15) is 5.56 Å². The maximum absolute atomic E-state index is 10.5. The highest BCUT2D eigenvalue weighted by Gasteiger charge is 2.06. The van der Waals surface area contributed by atoms with E-state index in [-0.39, 0.29) is 5.69 Å². The first-order valence-electron chi connectivity index (χ1n) is 5.23. The number of benzene rings is 1. The molecule has 0 N–H and O–H groups in total. The standard InChI is InChI=1S/C12H8Cl2N2O2S/c13-10-3-1-8(5-11(10)14)7-19-12-4-2-9(6-15-12)16(17)18/h1-6H,7H2. The summed E-state index contributed by atoms with van der Waals surface area (Å²) in [5, 5.41) is 12.2. The van der Waals surface area contributed by atoms with Gasteiger partial charge in [0, 0.05) is 11.8 Å². The van der Waals surface area contributed by atoms with Gasteiger partial charge < -0.3 is 0 Å². The van der Waals surface area contributed by atoms with E-state index in [0.29, 0.717) is 15.8 Å². The Morgan fingerprint density at radius 1 is 1.21 bits per heavy atom. The van der Waals surface area contributed by atoms with Gasteiger partial charge in [-0.05, 0) is 23.8 Å². The summed E-state index contributed by atoms with van der Waals surface area (Å²) in [4.78, 5) is 14.0.